The van der Waals surface area contributed by atoms with E-state index in [-0.39, 0.29) is 24.8 Å². The number of piperazine rings is 1. The zero-order valence-corrected chi connectivity index (χ0v) is 19.1. The monoisotopic (exact) mass is 454 g/mol. The SMILES string of the molecule is COc1ccc(N2CCN(CC(O)COc3ccc4c(c3)CCC4)CC2)cc1.Cl.Cl. The summed E-state index contributed by atoms with van der Waals surface area (Å²) in [4.78, 5) is 4.69. The maximum absolute atomic E-state index is 10.4. The summed E-state index contributed by atoms with van der Waals surface area (Å²) >= 11 is 0. The molecule has 0 spiro atoms. The van der Waals surface area contributed by atoms with Crippen molar-refractivity contribution in [1.82, 2.24) is 4.90 Å². The smallest absolute Gasteiger partial charge is 0.119 e. The zero-order valence-electron chi connectivity index (χ0n) is 17.5. The number of fused-ring (bicyclic) bond motifs is 1. The Bertz CT molecular complexity index is 781. The lowest BCUT2D eigenvalue weighted by Gasteiger charge is -2.36. The van der Waals surface area contributed by atoms with Crippen LogP contribution in [0.4, 0.5) is 5.69 Å². The number of hydrogen-bond acceptors (Lipinski definition) is 5. The van der Waals surface area contributed by atoms with Gasteiger partial charge in [0, 0.05) is 38.4 Å². The standard InChI is InChI=1S/C23H30N2O3.2ClH/c1-27-22-9-6-20(7-10-22)25-13-11-24(12-14-25)16-21(26)17-28-23-8-5-18-3-2-4-19(18)15-23;;/h5-10,15,21,26H,2-4,11-14,16-17H2,1H3;2*1H. The number of aryl methyl sites for hydroxylation is 2. The minimum atomic E-state index is -0.471. The quantitative estimate of drug-likeness (QED) is 0.692. The van der Waals surface area contributed by atoms with Crippen molar-refractivity contribution in [1.29, 1.82) is 0 Å². The lowest BCUT2D eigenvalue weighted by Crippen LogP contribution is -2.49. The molecule has 1 atom stereocenters. The number of hydrogen-bond donors (Lipinski definition) is 1. The molecule has 166 valence electrons. The summed E-state index contributed by atoms with van der Waals surface area (Å²) in [6, 6.07) is 14.6. The van der Waals surface area contributed by atoms with Crippen LogP contribution in [0.3, 0.4) is 0 Å². The van der Waals surface area contributed by atoms with Crippen LogP contribution < -0.4 is 14.4 Å². The number of nitrogens with zero attached hydrogens (tertiary/aromatic N) is 2. The molecular weight excluding hydrogens is 423 g/mol. The molecule has 0 saturated carbocycles. The van der Waals surface area contributed by atoms with Gasteiger partial charge in [-0.1, -0.05) is 6.07 Å². The average Bonchev–Trinajstić information content (AvgIpc) is 3.21. The molecular formula is C23H32Cl2N2O3. The van der Waals surface area contributed by atoms with Gasteiger partial charge in [-0.2, -0.15) is 0 Å². The minimum Gasteiger partial charge on any atom is -0.497 e. The second-order valence-electron chi connectivity index (χ2n) is 7.73. The zero-order chi connectivity index (χ0) is 19.3. The molecule has 1 heterocycles. The Labute approximate surface area is 191 Å². The third-order valence-electron chi connectivity index (χ3n) is 5.79. The van der Waals surface area contributed by atoms with E-state index in [1.807, 2.05) is 18.2 Å². The fourth-order valence-corrected chi connectivity index (χ4v) is 4.16. The van der Waals surface area contributed by atoms with E-state index < -0.39 is 6.10 Å². The first kappa shape index (κ1) is 24.6. The van der Waals surface area contributed by atoms with Gasteiger partial charge in [-0.25, -0.2) is 0 Å². The van der Waals surface area contributed by atoms with Gasteiger partial charge in [-0.05, 0) is 66.8 Å². The number of halogens is 2. The minimum absolute atomic E-state index is 0. The number of rotatable bonds is 7. The van der Waals surface area contributed by atoms with Crippen LogP contribution in [-0.4, -0.2) is 62.6 Å². The van der Waals surface area contributed by atoms with Crippen molar-refractivity contribution < 1.29 is 14.6 Å². The summed E-state index contributed by atoms with van der Waals surface area (Å²) in [6.07, 6.45) is 3.10. The number of aliphatic hydroxyl groups is 1. The highest BCUT2D eigenvalue weighted by atomic mass is 35.5. The van der Waals surface area contributed by atoms with Gasteiger partial charge in [-0.3, -0.25) is 4.90 Å². The first-order valence-electron chi connectivity index (χ1n) is 10.3. The number of aliphatic hydroxyl groups excluding tert-OH is 1. The van der Waals surface area contributed by atoms with Crippen molar-refractivity contribution in [3.05, 3.63) is 53.6 Å². The summed E-state index contributed by atoms with van der Waals surface area (Å²) in [5.41, 5.74) is 4.07. The van der Waals surface area contributed by atoms with Gasteiger partial charge in [0.25, 0.3) is 0 Å². The van der Waals surface area contributed by atoms with Gasteiger partial charge in [-0.15, -0.1) is 24.8 Å². The molecule has 2 aromatic rings. The van der Waals surface area contributed by atoms with Crippen LogP contribution >= 0.6 is 24.8 Å². The maximum Gasteiger partial charge on any atom is 0.119 e. The molecule has 1 saturated heterocycles. The molecule has 0 radical (unpaired) electrons. The van der Waals surface area contributed by atoms with Crippen molar-refractivity contribution in [3.63, 3.8) is 0 Å². The van der Waals surface area contributed by atoms with E-state index in [9.17, 15) is 5.11 Å². The van der Waals surface area contributed by atoms with Gasteiger partial charge in [0.2, 0.25) is 0 Å². The second-order valence-corrected chi connectivity index (χ2v) is 7.73. The van der Waals surface area contributed by atoms with Crippen molar-refractivity contribution in [2.45, 2.75) is 25.4 Å². The van der Waals surface area contributed by atoms with E-state index in [0.29, 0.717) is 13.2 Å². The third kappa shape index (κ3) is 6.17. The molecule has 5 nitrogen and oxygen atoms in total. The maximum atomic E-state index is 10.4. The number of ether oxygens (including phenoxy) is 2. The Morgan fingerprint density at radius 2 is 1.57 bits per heavy atom. The fourth-order valence-electron chi connectivity index (χ4n) is 4.16. The van der Waals surface area contributed by atoms with E-state index in [4.69, 9.17) is 9.47 Å². The normalized spacial score (nSPS) is 16.8. The Balaban J connectivity index is 0.00000160. The third-order valence-corrected chi connectivity index (χ3v) is 5.79. The molecule has 2 aliphatic rings. The molecule has 0 amide bonds. The lowest BCUT2D eigenvalue weighted by atomic mass is 10.1. The topological polar surface area (TPSA) is 45.2 Å². The largest absolute Gasteiger partial charge is 0.497 e. The van der Waals surface area contributed by atoms with Crippen molar-refractivity contribution in [2.24, 2.45) is 0 Å². The van der Waals surface area contributed by atoms with E-state index in [2.05, 4.69) is 34.1 Å². The number of benzene rings is 2. The van der Waals surface area contributed by atoms with E-state index in [1.54, 1.807) is 7.11 Å². The molecule has 1 fully saturated rings. The fraction of sp³-hybridized carbons (Fsp3) is 0.478. The first-order valence-corrected chi connectivity index (χ1v) is 10.3. The highest BCUT2D eigenvalue weighted by Gasteiger charge is 2.20. The van der Waals surface area contributed by atoms with E-state index in [1.165, 1.54) is 29.7 Å². The molecule has 2 aromatic carbocycles. The summed E-state index contributed by atoms with van der Waals surface area (Å²) < 4.78 is 11.1. The average molecular weight is 455 g/mol. The van der Waals surface area contributed by atoms with Gasteiger partial charge < -0.3 is 19.5 Å². The summed E-state index contributed by atoms with van der Waals surface area (Å²) in [5.74, 6) is 1.76. The second kappa shape index (κ2) is 11.7. The summed E-state index contributed by atoms with van der Waals surface area (Å²) in [6.45, 7) is 4.82. The predicted octanol–water partition coefficient (Wildman–Crippen LogP) is 3.59. The predicted molar refractivity (Wildman–Crippen MR) is 126 cm³/mol. The van der Waals surface area contributed by atoms with Crippen LogP contribution in [0.2, 0.25) is 0 Å². The molecule has 4 rings (SSSR count). The number of anilines is 1. The Hall–Kier alpha value is -1.66. The first-order chi connectivity index (χ1) is 13.7. The van der Waals surface area contributed by atoms with Crippen LogP contribution in [0.15, 0.2) is 42.5 Å². The Morgan fingerprint density at radius 3 is 2.27 bits per heavy atom. The van der Waals surface area contributed by atoms with Crippen LogP contribution in [0.5, 0.6) is 11.5 Å². The molecule has 0 bridgehead atoms. The van der Waals surface area contributed by atoms with Crippen LogP contribution in [0, 0.1) is 0 Å². The lowest BCUT2D eigenvalue weighted by molar-refractivity contribution is 0.0663. The highest BCUT2D eigenvalue weighted by Crippen LogP contribution is 2.26. The van der Waals surface area contributed by atoms with Crippen molar-refractivity contribution in [2.75, 3.05) is 51.3 Å². The van der Waals surface area contributed by atoms with Gasteiger partial charge in [0.1, 0.15) is 24.2 Å². The molecule has 1 aliphatic carbocycles. The Morgan fingerprint density at radius 1 is 0.900 bits per heavy atom. The molecule has 0 aromatic heterocycles. The van der Waals surface area contributed by atoms with Gasteiger partial charge >= 0.3 is 0 Å². The molecule has 1 N–H and O–H groups in total. The number of β-amino-alcohol motifs (C(OH)–C–C–N with tert-alkyl or cyclic N) is 1. The van der Waals surface area contributed by atoms with Crippen LogP contribution in [0.25, 0.3) is 0 Å². The highest BCUT2D eigenvalue weighted by molar-refractivity contribution is 5.85. The summed E-state index contributed by atoms with van der Waals surface area (Å²) in [7, 11) is 1.69. The molecule has 30 heavy (non-hydrogen) atoms. The van der Waals surface area contributed by atoms with Gasteiger partial charge in [0.15, 0.2) is 0 Å². The van der Waals surface area contributed by atoms with E-state index >= 15 is 0 Å². The van der Waals surface area contributed by atoms with Crippen molar-refractivity contribution >= 4 is 30.5 Å². The summed E-state index contributed by atoms with van der Waals surface area (Å²) in [5, 5.41) is 10.4. The molecule has 1 unspecified atom stereocenters. The Kier molecular flexibility index (Phi) is 9.56. The number of methoxy groups -OCH3 is 1. The molecule has 7 heteroatoms. The van der Waals surface area contributed by atoms with Crippen LogP contribution in [0.1, 0.15) is 17.5 Å². The van der Waals surface area contributed by atoms with E-state index in [0.717, 1.165) is 44.1 Å². The molecule has 1 aliphatic heterocycles. The van der Waals surface area contributed by atoms with Crippen LogP contribution in [-0.2, 0) is 12.8 Å². The van der Waals surface area contributed by atoms with Gasteiger partial charge in [0.05, 0.1) is 7.11 Å². The van der Waals surface area contributed by atoms with Crippen molar-refractivity contribution in [3.8, 4) is 11.5 Å².